The number of nitrogens with zero attached hydrogens (tertiary/aromatic N) is 2. The first-order valence-electron chi connectivity index (χ1n) is 6.19. The Morgan fingerprint density at radius 1 is 1.50 bits per heavy atom. The largest absolute Gasteiger partial charge is 0.375 e. The zero-order valence-corrected chi connectivity index (χ0v) is 12.1. The maximum atomic E-state index is 5.74. The van der Waals surface area contributed by atoms with Crippen molar-refractivity contribution >= 4 is 38.4 Å². The molecule has 0 radical (unpaired) electrons. The van der Waals surface area contributed by atoms with Gasteiger partial charge < -0.3 is 5.73 Å². The SMILES string of the molecule is CC1CN(Cc2ccc3nc(N)sc3c2)CCS1. The monoisotopic (exact) mass is 279 g/mol. The second kappa shape index (κ2) is 5.07. The van der Waals surface area contributed by atoms with Gasteiger partial charge in [-0.05, 0) is 17.7 Å². The molecular weight excluding hydrogens is 262 g/mol. The number of thiazole rings is 1. The fourth-order valence-corrected chi connectivity index (χ4v) is 4.26. The molecule has 0 aliphatic carbocycles. The topological polar surface area (TPSA) is 42.2 Å². The summed E-state index contributed by atoms with van der Waals surface area (Å²) in [6, 6.07) is 6.49. The highest BCUT2D eigenvalue weighted by atomic mass is 32.2. The van der Waals surface area contributed by atoms with Crippen LogP contribution in [0, 0.1) is 0 Å². The van der Waals surface area contributed by atoms with Gasteiger partial charge in [-0.15, -0.1) is 0 Å². The molecule has 1 saturated heterocycles. The second-order valence-electron chi connectivity index (χ2n) is 4.77. The molecule has 0 saturated carbocycles. The van der Waals surface area contributed by atoms with Crippen LogP contribution in [0.2, 0.25) is 0 Å². The van der Waals surface area contributed by atoms with Gasteiger partial charge in [0.2, 0.25) is 0 Å². The molecule has 96 valence electrons. The number of fused-ring (bicyclic) bond motifs is 1. The van der Waals surface area contributed by atoms with Crippen molar-refractivity contribution in [2.24, 2.45) is 0 Å². The van der Waals surface area contributed by atoms with Crippen LogP contribution in [0.15, 0.2) is 18.2 Å². The van der Waals surface area contributed by atoms with Crippen LogP contribution in [-0.2, 0) is 6.54 Å². The number of anilines is 1. The zero-order valence-electron chi connectivity index (χ0n) is 10.4. The molecule has 18 heavy (non-hydrogen) atoms. The van der Waals surface area contributed by atoms with Gasteiger partial charge in [-0.2, -0.15) is 11.8 Å². The first kappa shape index (κ1) is 12.3. The Bertz CT molecular complexity index is 552. The summed E-state index contributed by atoms with van der Waals surface area (Å²) >= 11 is 3.65. The molecule has 3 nitrogen and oxygen atoms in total. The van der Waals surface area contributed by atoms with Crippen molar-refractivity contribution < 1.29 is 0 Å². The van der Waals surface area contributed by atoms with E-state index in [0.29, 0.717) is 5.13 Å². The molecule has 1 fully saturated rings. The predicted octanol–water partition coefficient (Wildman–Crippen LogP) is 2.82. The van der Waals surface area contributed by atoms with Crippen molar-refractivity contribution in [2.45, 2.75) is 18.7 Å². The van der Waals surface area contributed by atoms with Crippen molar-refractivity contribution in [1.82, 2.24) is 9.88 Å². The molecule has 2 aromatic rings. The standard InChI is InChI=1S/C13H17N3S2/c1-9-7-16(4-5-17-9)8-10-2-3-11-12(6-10)18-13(14)15-11/h2-3,6,9H,4-5,7-8H2,1H3,(H2,14,15). The first-order chi connectivity index (χ1) is 8.70. The number of nitrogens with two attached hydrogens (primary N) is 1. The molecule has 1 atom stereocenters. The Labute approximate surface area is 115 Å². The molecule has 1 aliphatic heterocycles. The smallest absolute Gasteiger partial charge is 0.181 e. The van der Waals surface area contributed by atoms with Crippen molar-refractivity contribution in [1.29, 1.82) is 0 Å². The van der Waals surface area contributed by atoms with E-state index in [1.807, 2.05) is 0 Å². The van der Waals surface area contributed by atoms with Crippen molar-refractivity contribution in [3.8, 4) is 0 Å². The van der Waals surface area contributed by atoms with E-state index in [4.69, 9.17) is 5.73 Å². The summed E-state index contributed by atoms with van der Waals surface area (Å²) in [4.78, 5) is 6.83. The Hall–Kier alpha value is -0.780. The fraction of sp³-hybridized carbons (Fsp3) is 0.462. The molecule has 1 aliphatic rings. The number of rotatable bonds is 2. The van der Waals surface area contributed by atoms with Crippen LogP contribution in [0.3, 0.4) is 0 Å². The first-order valence-corrected chi connectivity index (χ1v) is 8.06. The maximum Gasteiger partial charge on any atom is 0.181 e. The van der Waals surface area contributed by atoms with Gasteiger partial charge in [0, 0.05) is 30.6 Å². The average Bonchev–Trinajstić information content (AvgIpc) is 2.68. The summed E-state index contributed by atoms with van der Waals surface area (Å²) < 4.78 is 1.20. The van der Waals surface area contributed by atoms with Crippen LogP contribution in [-0.4, -0.2) is 34.0 Å². The normalized spacial score (nSPS) is 21.5. The summed E-state index contributed by atoms with van der Waals surface area (Å²) in [5, 5.41) is 1.41. The third-order valence-electron chi connectivity index (χ3n) is 3.20. The van der Waals surface area contributed by atoms with Crippen LogP contribution in [0.1, 0.15) is 12.5 Å². The lowest BCUT2D eigenvalue weighted by molar-refractivity contribution is 0.278. The number of hydrogen-bond acceptors (Lipinski definition) is 5. The average molecular weight is 279 g/mol. The van der Waals surface area contributed by atoms with Crippen molar-refractivity contribution in [3.63, 3.8) is 0 Å². The summed E-state index contributed by atoms with van der Waals surface area (Å²) in [6.45, 7) is 5.73. The van der Waals surface area contributed by atoms with E-state index in [9.17, 15) is 0 Å². The molecule has 2 N–H and O–H groups in total. The Morgan fingerprint density at radius 2 is 2.39 bits per heavy atom. The highest BCUT2D eigenvalue weighted by molar-refractivity contribution is 7.99. The molecule has 1 aromatic carbocycles. The lowest BCUT2D eigenvalue weighted by atomic mass is 10.2. The summed E-state index contributed by atoms with van der Waals surface area (Å²) in [7, 11) is 0. The van der Waals surface area contributed by atoms with Gasteiger partial charge in [-0.25, -0.2) is 4.98 Å². The van der Waals surface area contributed by atoms with E-state index >= 15 is 0 Å². The Balaban J connectivity index is 1.77. The lowest BCUT2D eigenvalue weighted by Gasteiger charge is -2.30. The van der Waals surface area contributed by atoms with E-state index in [1.54, 1.807) is 11.3 Å². The quantitative estimate of drug-likeness (QED) is 0.918. The molecule has 1 unspecified atom stereocenters. The van der Waals surface area contributed by atoms with E-state index in [0.717, 1.165) is 17.3 Å². The van der Waals surface area contributed by atoms with E-state index in [-0.39, 0.29) is 0 Å². The maximum absolute atomic E-state index is 5.74. The molecule has 5 heteroatoms. The highest BCUT2D eigenvalue weighted by Crippen LogP contribution is 2.26. The van der Waals surface area contributed by atoms with Crippen LogP contribution in [0.4, 0.5) is 5.13 Å². The van der Waals surface area contributed by atoms with Gasteiger partial charge in [-0.3, -0.25) is 4.90 Å². The predicted molar refractivity (Wildman–Crippen MR) is 81.2 cm³/mol. The van der Waals surface area contributed by atoms with E-state index in [1.165, 1.54) is 29.1 Å². The molecule has 3 rings (SSSR count). The van der Waals surface area contributed by atoms with Crippen LogP contribution >= 0.6 is 23.1 Å². The third-order valence-corrected chi connectivity index (χ3v) is 5.18. The number of aromatic nitrogens is 1. The summed E-state index contributed by atoms with van der Waals surface area (Å²) in [6.07, 6.45) is 0. The van der Waals surface area contributed by atoms with Crippen LogP contribution in [0.25, 0.3) is 10.2 Å². The van der Waals surface area contributed by atoms with E-state index < -0.39 is 0 Å². The van der Waals surface area contributed by atoms with Crippen molar-refractivity contribution in [2.75, 3.05) is 24.6 Å². The van der Waals surface area contributed by atoms with Crippen LogP contribution < -0.4 is 5.73 Å². The van der Waals surface area contributed by atoms with Crippen molar-refractivity contribution in [3.05, 3.63) is 23.8 Å². The number of nitrogen functional groups attached to an aromatic ring is 1. The van der Waals surface area contributed by atoms with Gasteiger partial charge in [-0.1, -0.05) is 24.3 Å². The minimum absolute atomic E-state index is 0.658. The lowest BCUT2D eigenvalue weighted by Crippen LogP contribution is -2.35. The minimum atomic E-state index is 0.658. The van der Waals surface area contributed by atoms with E-state index in [2.05, 4.69) is 46.8 Å². The number of thioether (sulfide) groups is 1. The Kier molecular flexibility index (Phi) is 3.46. The summed E-state index contributed by atoms with van der Waals surface area (Å²) in [5.74, 6) is 1.25. The van der Waals surface area contributed by atoms with Gasteiger partial charge >= 0.3 is 0 Å². The van der Waals surface area contributed by atoms with Crippen LogP contribution in [0.5, 0.6) is 0 Å². The fourth-order valence-electron chi connectivity index (χ4n) is 2.38. The van der Waals surface area contributed by atoms with Gasteiger partial charge in [0.15, 0.2) is 5.13 Å². The minimum Gasteiger partial charge on any atom is -0.375 e. The molecule has 1 aromatic heterocycles. The second-order valence-corrected chi connectivity index (χ2v) is 7.38. The zero-order chi connectivity index (χ0) is 12.5. The highest BCUT2D eigenvalue weighted by Gasteiger charge is 2.16. The summed E-state index contributed by atoms with van der Waals surface area (Å²) in [5.41, 5.74) is 8.12. The Morgan fingerprint density at radius 3 is 3.22 bits per heavy atom. The number of hydrogen-bond donors (Lipinski definition) is 1. The molecule has 0 spiro atoms. The number of benzene rings is 1. The van der Waals surface area contributed by atoms with Gasteiger partial charge in [0.05, 0.1) is 10.2 Å². The molecular formula is C13H17N3S2. The third kappa shape index (κ3) is 2.63. The molecule has 0 bridgehead atoms. The molecule has 0 amide bonds. The van der Waals surface area contributed by atoms with Gasteiger partial charge in [0.1, 0.15) is 0 Å². The molecule has 2 heterocycles. The van der Waals surface area contributed by atoms with Gasteiger partial charge in [0.25, 0.3) is 0 Å².